The van der Waals surface area contributed by atoms with Crippen LogP contribution in [0.3, 0.4) is 0 Å². The monoisotopic (exact) mass is 411 g/mol. The molecule has 2 aromatic heterocycles. The van der Waals surface area contributed by atoms with Crippen LogP contribution in [0.25, 0.3) is 11.4 Å². The van der Waals surface area contributed by atoms with Crippen LogP contribution < -0.4 is 9.47 Å². The van der Waals surface area contributed by atoms with Gasteiger partial charge in [0.25, 0.3) is 5.91 Å². The number of para-hydroxylation sites is 2. The number of likely N-dealkylation sites (tertiary alicyclic amines) is 1. The first kappa shape index (κ1) is 18.2. The smallest absolute Gasteiger partial charge is 0.267 e. The number of amides is 1. The summed E-state index contributed by atoms with van der Waals surface area (Å²) in [7, 11) is 0. The van der Waals surface area contributed by atoms with Crippen LogP contribution in [0.2, 0.25) is 0 Å². The fourth-order valence-electron chi connectivity index (χ4n) is 3.87. The molecular weight excluding hydrogens is 390 g/mol. The lowest BCUT2D eigenvalue weighted by atomic mass is 9.94. The van der Waals surface area contributed by atoms with Gasteiger partial charge in [0.2, 0.25) is 17.8 Å². The van der Waals surface area contributed by atoms with Crippen molar-refractivity contribution in [1.82, 2.24) is 15.0 Å². The molecule has 1 saturated heterocycles. The van der Waals surface area contributed by atoms with E-state index in [-0.39, 0.29) is 12.5 Å². The topological polar surface area (TPSA) is 77.7 Å². The summed E-state index contributed by atoms with van der Waals surface area (Å²) >= 11 is 1.60. The average molecular weight is 411 g/mol. The van der Waals surface area contributed by atoms with Crippen LogP contribution in [0.15, 0.2) is 45.6 Å². The fourth-order valence-corrected chi connectivity index (χ4v) is 4.50. The Labute approximate surface area is 172 Å². The molecule has 2 aliphatic rings. The van der Waals surface area contributed by atoms with Crippen LogP contribution in [0, 0.1) is 5.92 Å². The molecule has 150 valence electrons. The number of aromatic nitrogens is 2. The summed E-state index contributed by atoms with van der Waals surface area (Å²) in [5, 5.41) is 8.07. The first-order chi connectivity index (χ1) is 14.3. The molecule has 3 aromatic rings. The SMILES string of the molecule is O=C(C1COc2ccccc2O1)N1CCCC(Cc2nc(-c3ccsc3)no2)C1. The summed E-state index contributed by atoms with van der Waals surface area (Å²) in [5.74, 6) is 2.82. The first-order valence-electron chi connectivity index (χ1n) is 9.78. The molecule has 5 rings (SSSR count). The van der Waals surface area contributed by atoms with E-state index >= 15 is 0 Å². The van der Waals surface area contributed by atoms with Crippen molar-refractivity contribution in [1.29, 1.82) is 0 Å². The Balaban J connectivity index is 1.21. The van der Waals surface area contributed by atoms with Gasteiger partial charge < -0.3 is 18.9 Å². The van der Waals surface area contributed by atoms with Gasteiger partial charge in [-0.05, 0) is 42.3 Å². The zero-order chi connectivity index (χ0) is 19.6. The summed E-state index contributed by atoms with van der Waals surface area (Å²) in [4.78, 5) is 19.4. The maximum absolute atomic E-state index is 13.0. The van der Waals surface area contributed by atoms with Crippen LogP contribution in [-0.2, 0) is 11.2 Å². The van der Waals surface area contributed by atoms with E-state index in [4.69, 9.17) is 14.0 Å². The third kappa shape index (κ3) is 3.85. The minimum Gasteiger partial charge on any atom is -0.485 e. The highest BCUT2D eigenvalue weighted by molar-refractivity contribution is 7.08. The van der Waals surface area contributed by atoms with Crippen molar-refractivity contribution in [3.05, 3.63) is 47.0 Å². The van der Waals surface area contributed by atoms with Crippen molar-refractivity contribution in [3.8, 4) is 22.9 Å². The summed E-state index contributed by atoms with van der Waals surface area (Å²) in [6.45, 7) is 1.64. The van der Waals surface area contributed by atoms with E-state index in [2.05, 4.69) is 10.1 Å². The molecule has 1 aromatic carbocycles. The first-order valence-corrected chi connectivity index (χ1v) is 10.7. The van der Waals surface area contributed by atoms with Gasteiger partial charge in [-0.3, -0.25) is 4.79 Å². The predicted octanol–water partition coefficient (Wildman–Crippen LogP) is 3.42. The van der Waals surface area contributed by atoms with Gasteiger partial charge in [-0.2, -0.15) is 16.3 Å². The van der Waals surface area contributed by atoms with Gasteiger partial charge in [-0.1, -0.05) is 17.3 Å². The van der Waals surface area contributed by atoms with Crippen molar-refractivity contribution in [3.63, 3.8) is 0 Å². The maximum atomic E-state index is 13.0. The van der Waals surface area contributed by atoms with E-state index in [0.29, 0.717) is 42.1 Å². The number of carbonyl (C=O) groups excluding carboxylic acids is 1. The van der Waals surface area contributed by atoms with Crippen molar-refractivity contribution in [2.45, 2.75) is 25.4 Å². The van der Waals surface area contributed by atoms with E-state index in [0.717, 1.165) is 24.9 Å². The number of ether oxygens (including phenoxy) is 2. The van der Waals surface area contributed by atoms with E-state index in [9.17, 15) is 4.79 Å². The fraction of sp³-hybridized carbons (Fsp3) is 0.381. The van der Waals surface area contributed by atoms with Crippen LogP contribution in [0.5, 0.6) is 11.5 Å². The highest BCUT2D eigenvalue weighted by Crippen LogP contribution is 2.32. The number of carbonyl (C=O) groups is 1. The van der Waals surface area contributed by atoms with Gasteiger partial charge >= 0.3 is 0 Å². The molecule has 2 aliphatic heterocycles. The number of rotatable bonds is 4. The predicted molar refractivity (Wildman–Crippen MR) is 107 cm³/mol. The van der Waals surface area contributed by atoms with E-state index in [1.807, 2.05) is 46.0 Å². The second-order valence-electron chi connectivity index (χ2n) is 7.38. The van der Waals surface area contributed by atoms with Gasteiger partial charge in [0, 0.05) is 30.5 Å². The summed E-state index contributed by atoms with van der Waals surface area (Å²) in [5.41, 5.74) is 0.972. The molecule has 1 amide bonds. The Morgan fingerprint density at radius 1 is 1.24 bits per heavy atom. The summed E-state index contributed by atoms with van der Waals surface area (Å²) in [6.07, 6.45) is 2.06. The second-order valence-corrected chi connectivity index (χ2v) is 8.16. The van der Waals surface area contributed by atoms with Gasteiger partial charge in [-0.25, -0.2) is 0 Å². The minimum atomic E-state index is -0.600. The van der Waals surface area contributed by atoms with Crippen molar-refractivity contribution in [2.24, 2.45) is 5.92 Å². The normalized spacial score (nSPS) is 21.2. The number of hydrogen-bond acceptors (Lipinski definition) is 7. The highest BCUT2D eigenvalue weighted by atomic mass is 32.1. The van der Waals surface area contributed by atoms with E-state index in [1.165, 1.54) is 0 Å². The molecule has 0 bridgehead atoms. The highest BCUT2D eigenvalue weighted by Gasteiger charge is 2.34. The Hall–Kier alpha value is -2.87. The largest absolute Gasteiger partial charge is 0.485 e. The molecule has 2 atom stereocenters. The standard InChI is InChI=1S/C21H21N3O4S/c25-21(18-12-26-16-5-1-2-6-17(16)27-18)24-8-3-4-14(11-24)10-19-22-20(23-28-19)15-7-9-29-13-15/h1-2,5-7,9,13-14,18H,3-4,8,10-12H2. The third-order valence-corrected chi connectivity index (χ3v) is 6.01. The average Bonchev–Trinajstić information content (AvgIpc) is 3.45. The molecule has 1 fully saturated rings. The molecule has 0 spiro atoms. The maximum Gasteiger partial charge on any atom is 0.267 e. The molecule has 7 nitrogen and oxygen atoms in total. The number of thiophene rings is 1. The molecule has 8 heteroatoms. The van der Waals surface area contributed by atoms with Crippen LogP contribution >= 0.6 is 11.3 Å². The number of nitrogens with zero attached hydrogens (tertiary/aromatic N) is 3. The van der Waals surface area contributed by atoms with Crippen LogP contribution in [0.4, 0.5) is 0 Å². The zero-order valence-electron chi connectivity index (χ0n) is 15.8. The lowest BCUT2D eigenvalue weighted by molar-refractivity contribution is -0.143. The molecule has 2 unspecified atom stereocenters. The van der Waals surface area contributed by atoms with Gasteiger partial charge in [0.05, 0.1) is 0 Å². The Kier molecular flexibility index (Phi) is 4.93. The second kappa shape index (κ2) is 7.87. The summed E-state index contributed by atoms with van der Waals surface area (Å²) < 4.78 is 17.0. The number of benzene rings is 1. The lowest BCUT2D eigenvalue weighted by Gasteiger charge is -2.35. The van der Waals surface area contributed by atoms with Crippen molar-refractivity contribution >= 4 is 17.2 Å². The Bertz CT molecular complexity index is 987. The van der Waals surface area contributed by atoms with Crippen LogP contribution in [0.1, 0.15) is 18.7 Å². The quantitative estimate of drug-likeness (QED) is 0.655. The molecule has 0 radical (unpaired) electrons. The third-order valence-electron chi connectivity index (χ3n) is 5.33. The summed E-state index contributed by atoms with van der Waals surface area (Å²) in [6, 6.07) is 9.42. The molecule has 29 heavy (non-hydrogen) atoms. The van der Waals surface area contributed by atoms with Gasteiger partial charge in [0.15, 0.2) is 11.5 Å². The molecular formula is C21H21N3O4S. The molecule has 0 N–H and O–H groups in total. The van der Waals surface area contributed by atoms with Gasteiger partial charge in [0.1, 0.15) is 6.61 Å². The van der Waals surface area contributed by atoms with Crippen LogP contribution in [-0.4, -0.2) is 46.7 Å². The molecule has 0 aliphatic carbocycles. The Morgan fingerprint density at radius 2 is 2.14 bits per heavy atom. The number of piperidine rings is 1. The lowest BCUT2D eigenvalue weighted by Crippen LogP contribution is -2.50. The number of hydrogen-bond donors (Lipinski definition) is 0. The number of fused-ring (bicyclic) bond motifs is 1. The Morgan fingerprint density at radius 3 is 3.00 bits per heavy atom. The van der Waals surface area contributed by atoms with Crippen molar-refractivity contribution < 1.29 is 18.8 Å². The van der Waals surface area contributed by atoms with E-state index in [1.54, 1.807) is 11.3 Å². The molecule has 0 saturated carbocycles. The van der Waals surface area contributed by atoms with E-state index < -0.39 is 6.10 Å². The minimum absolute atomic E-state index is 0.0197. The zero-order valence-corrected chi connectivity index (χ0v) is 16.6. The molecule has 4 heterocycles. The van der Waals surface area contributed by atoms with Gasteiger partial charge in [-0.15, -0.1) is 0 Å². The van der Waals surface area contributed by atoms with Crippen molar-refractivity contribution in [2.75, 3.05) is 19.7 Å².